The standard InChI is InChI=1S/C28H31N7O4.C12H14ClN5O/c1-18-4-2-10-29-25(18)26-31-24(39-32-26)5-3-11-33-12-14-34(15-13-33)20-6-7-21-19(16-20)17-35(28(21)38)22-8-9-23(36)30-27(22)37;13-8-5-16-18-10(7-3-1-2-4-7)9(17-12(14)19)6-15-11(8)18/h2,4,6-7,10,16,22H,3,5,8-9,11-15,17H2,1H3,(H,30,36,37);5-7H,1-4H2,(H3,14,17,19). The largest absolute Gasteiger partial charge is 0.369 e. The number of piperidine rings is 1. The molecule has 0 spiro atoms. The summed E-state index contributed by atoms with van der Waals surface area (Å²) in [5.41, 5.74) is 11.8. The van der Waals surface area contributed by atoms with E-state index in [4.69, 9.17) is 21.9 Å². The zero-order chi connectivity index (χ0) is 40.3. The van der Waals surface area contributed by atoms with Crippen LogP contribution in [-0.2, 0) is 22.6 Å². The summed E-state index contributed by atoms with van der Waals surface area (Å²) in [4.78, 5) is 67.4. The first-order valence-corrected chi connectivity index (χ1v) is 20.1. The van der Waals surface area contributed by atoms with Crippen LogP contribution < -0.4 is 21.3 Å². The van der Waals surface area contributed by atoms with Crippen molar-refractivity contribution in [2.45, 2.75) is 76.8 Å². The number of benzene rings is 1. The average molecular weight is 809 g/mol. The van der Waals surface area contributed by atoms with Gasteiger partial charge in [0.15, 0.2) is 5.65 Å². The number of imide groups is 1. The monoisotopic (exact) mass is 808 g/mol. The van der Waals surface area contributed by atoms with Crippen molar-refractivity contribution in [2.75, 3.05) is 42.9 Å². The third-order valence-electron chi connectivity index (χ3n) is 11.3. The lowest BCUT2D eigenvalue weighted by Crippen LogP contribution is -2.52. The molecule has 4 aliphatic rings. The second-order valence-electron chi connectivity index (χ2n) is 15.1. The Hall–Kier alpha value is -5.94. The van der Waals surface area contributed by atoms with Crippen LogP contribution in [0, 0.1) is 6.92 Å². The highest BCUT2D eigenvalue weighted by Crippen LogP contribution is 2.38. The maximum absolute atomic E-state index is 13.0. The number of halogens is 1. The number of nitrogens with one attached hydrogen (secondary N) is 2. The summed E-state index contributed by atoms with van der Waals surface area (Å²) in [6, 6.07) is 8.63. The minimum absolute atomic E-state index is 0.139. The average Bonchev–Trinajstić information content (AvgIpc) is 4.04. The van der Waals surface area contributed by atoms with E-state index in [1.165, 1.54) is 12.8 Å². The first-order valence-electron chi connectivity index (χ1n) is 19.7. The van der Waals surface area contributed by atoms with Gasteiger partial charge >= 0.3 is 6.03 Å². The topological polar surface area (TPSA) is 210 Å². The number of fused-ring (bicyclic) bond motifs is 2. The predicted octanol–water partition coefficient (Wildman–Crippen LogP) is 4.49. The molecule has 58 heavy (non-hydrogen) atoms. The van der Waals surface area contributed by atoms with Gasteiger partial charge in [-0.05, 0) is 74.5 Å². The number of nitrogens with zero attached hydrogens (tertiary/aromatic N) is 9. The fourth-order valence-electron chi connectivity index (χ4n) is 8.36. The molecule has 1 aromatic carbocycles. The van der Waals surface area contributed by atoms with Gasteiger partial charge < -0.3 is 25.4 Å². The summed E-state index contributed by atoms with van der Waals surface area (Å²) in [6.45, 7) is 7.01. The highest BCUT2D eigenvalue weighted by Gasteiger charge is 2.39. The molecule has 1 aliphatic carbocycles. The van der Waals surface area contributed by atoms with Gasteiger partial charge in [-0.3, -0.25) is 29.6 Å². The maximum atomic E-state index is 13.0. The molecule has 1 atom stereocenters. The van der Waals surface area contributed by atoms with Crippen molar-refractivity contribution < 1.29 is 23.7 Å². The number of aromatic nitrogens is 6. The van der Waals surface area contributed by atoms with Gasteiger partial charge in [0.1, 0.15) is 16.8 Å². The third-order valence-corrected chi connectivity index (χ3v) is 11.6. The summed E-state index contributed by atoms with van der Waals surface area (Å²) in [5, 5.41) is 13.8. The van der Waals surface area contributed by atoms with Crippen molar-refractivity contribution in [2.24, 2.45) is 5.73 Å². The minimum atomic E-state index is -0.598. The van der Waals surface area contributed by atoms with Gasteiger partial charge in [0.25, 0.3) is 5.91 Å². The fraction of sp³-hybridized carbons (Fsp3) is 0.425. The van der Waals surface area contributed by atoms with Crippen LogP contribution in [-0.4, -0.2) is 102 Å². The molecule has 2 saturated heterocycles. The Morgan fingerprint density at radius 3 is 2.62 bits per heavy atom. The van der Waals surface area contributed by atoms with Crippen molar-refractivity contribution in [1.82, 2.24) is 44.8 Å². The van der Waals surface area contributed by atoms with E-state index >= 15 is 0 Å². The molecule has 17 nitrogen and oxygen atoms in total. The number of anilines is 2. The van der Waals surface area contributed by atoms with E-state index in [2.05, 4.69) is 51.7 Å². The van der Waals surface area contributed by atoms with Crippen LogP contribution in [0.25, 0.3) is 17.2 Å². The quantitative estimate of drug-likeness (QED) is 0.176. The van der Waals surface area contributed by atoms with E-state index in [1.807, 2.05) is 31.2 Å². The molecule has 5 aromatic rings. The molecule has 3 fully saturated rings. The van der Waals surface area contributed by atoms with Crippen LogP contribution in [0.5, 0.6) is 0 Å². The van der Waals surface area contributed by atoms with Crippen molar-refractivity contribution in [3.05, 3.63) is 82.2 Å². The Balaban J connectivity index is 0.000000206. The molecule has 4 aromatic heterocycles. The second-order valence-corrected chi connectivity index (χ2v) is 15.5. The molecule has 1 saturated carbocycles. The molecular formula is C40H45ClN12O5. The number of nitrogens with two attached hydrogens (primary N) is 1. The van der Waals surface area contributed by atoms with E-state index in [0.29, 0.717) is 52.5 Å². The van der Waals surface area contributed by atoms with E-state index in [0.717, 1.165) is 86.6 Å². The predicted molar refractivity (Wildman–Crippen MR) is 214 cm³/mol. The van der Waals surface area contributed by atoms with Crippen LogP contribution in [0.2, 0.25) is 5.02 Å². The smallest absolute Gasteiger partial charge is 0.316 e. The minimum Gasteiger partial charge on any atom is -0.369 e. The summed E-state index contributed by atoms with van der Waals surface area (Å²) in [7, 11) is 0. The Bertz CT molecular complexity index is 2350. The molecule has 5 amide bonds. The van der Waals surface area contributed by atoms with Gasteiger partial charge in [0.2, 0.25) is 23.5 Å². The van der Waals surface area contributed by atoms with E-state index in [9.17, 15) is 19.2 Å². The second kappa shape index (κ2) is 16.9. The lowest BCUT2D eigenvalue weighted by molar-refractivity contribution is -0.136. The molecule has 0 bridgehead atoms. The zero-order valence-corrected chi connectivity index (χ0v) is 33.0. The van der Waals surface area contributed by atoms with Gasteiger partial charge in [-0.1, -0.05) is 35.7 Å². The molecule has 7 heterocycles. The highest BCUT2D eigenvalue weighted by atomic mass is 35.5. The van der Waals surface area contributed by atoms with Gasteiger partial charge in [-0.25, -0.2) is 14.3 Å². The Kier molecular flexibility index (Phi) is 11.3. The molecule has 9 rings (SSSR count). The fourth-order valence-corrected chi connectivity index (χ4v) is 8.53. The number of hydrogen-bond donors (Lipinski definition) is 3. The van der Waals surface area contributed by atoms with Gasteiger partial charge in [0, 0.05) is 68.9 Å². The van der Waals surface area contributed by atoms with Crippen LogP contribution in [0.1, 0.15) is 83.9 Å². The summed E-state index contributed by atoms with van der Waals surface area (Å²) < 4.78 is 7.16. The van der Waals surface area contributed by atoms with Gasteiger partial charge in [-0.2, -0.15) is 10.1 Å². The molecule has 18 heteroatoms. The third kappa shape index (κ3) is 8.22. The molecular weight excluding hydrogens is 764 g/mol. The highest BCUT2D eigenvalue weighted by molar-refractivity contribution is 6.33. The van der Waals surface area contributed by atoms with E-state index < -0.39 is 12.1 Å². The number of aryl methyl sites for hydroxylation is 2. The SMILES string of the molecule is Cc1cccnc1-c1noc(CCCN2CCN(c3ccc4c(c3)CN(C3CCC(=O)NC3=O)C4=O)CC2)n1.NC(=O)Nc1cnc2c(Cl)cnn2c1C1CCCC1. The van der Waals surface area contributed by atoms with Crippen molar-refractivity contribution in [1.29, 1.82) is 0 Å². The number of hydrogen-bond acceptors (Lipinski definition) is 12. The Morgan fingerprint density at radius 2 is 1.86 bits per heavy atom. The molecule has 4 N–H and O–H groups in total. The number of pyridine rings is 1. The number of carbonyl (C=O) groups is 4. The number of urea groups is 1. The summed E-state index contributed by atoms with van der Waals surface area (Å²) >= 11 is 6.05. The first kappa shape index (κ1) is 38.9. The molecule has 1 unspecified atom stereocenters. The van der Waals surface area contributed by atoms with Crippen LogP contribution >= 0.6 is 11.6 Å². The number of piperazine rings is 1. The lowest BCUT2D eigenvalue weighted by atomic mass is 10.0. The molecule has 3 aliphatic heterocycles. The number of primary amides is 1. The lowest BCUT2D eigenvalue weighted by Gasteiger charge is -2.36. The first-order chi connectivity index (χ1) is 28.1. The maximum Gasteiger partial charge on any atom is 0.316 e. The van der Waals surface area contributed by atoms with E-state index in [-0.39, 0.29) is 24.1 Å². The summed E-state index contributed by atoms with van der Waals surface area (Å²) in [6.07, 6.45) is 11.7. The van der Waals surface area contributed by atoms with Gasteiger partial charge in [-0.15, -0.1) is 0 Å². The van der Waals surface area contributed by atoms with Gasteiger partial charge in [0.05, 0.1) is 23.8 Å². The Labute approximate surface area is 339 Å². The molecule has 0 radical (unpaired) electrons. The van der Waals surface area contributed by atoms with E-state index in [1.54, 1.807) is 28.0 Å². The number of rotatable bonds is 9. The van der Waals surface area contributed by atoms with Crippen molar-refractivity contribution in [3.63, 3.8) is 0 Å². The Morgan fingerprint density at radius 1 is 1.05 bits per heavy atom. The summed E-state index contributed by atoms with van der Waals surface area (Å²) in [5.74, 6) is 0.719. The zero-order valence-electron chi connectivity index (χ0n) is 32.2. The number of amides is 5. The van der Waals surface area contributed by atoms with Crippen molar-refractivity contribution in [3.8, 4) is 11.5 Å². The van der Waals surface area contributed by atoms with Crippen LogP contribution in [0.15, 0.2) is 53.4 Å². The van der Waals surface area contributed by atoms with Crippen LogP contribution in [0.3, 0.4) is 0 Å². The van der Waals surface area contributed by atoms with Crippen molar-refractivity contribution >= 4 is 52.4 Å². The molecule has 302 valence electrons. The number of carbonyl (C=O) groups excluding carboxylic acids is 4. The normalized spacial score (nSPS) is 18.7. The van der Waals surface area contributed by atoms with Crippen LogP contribution in [0.4, 0.5) is 16.2 Å².